The molecule has 1 saturated heterocycles. The van der Waals surface area contributed by atoms with Crippen LogP contribution in [-0.4, -0.2) is 70.4 Å². The van der Waals surface area contributed by atoms with Crippen molar-refractivity contribution >= 4 is 41.2 Å². The molecule has 1 fully saturated rings. The molecule has 2 aliphatic rings. The Kier molecular flexibility index (Phi) is 9.99. The molecule has 2 heterocycles. The molecule has 0 saturated carbocycles. The largest absolute Gasteiger partial charge is 0.481 e. The van der Waals surface area contributed by atoms with Crippen molar-refractivity contribution in [2.24, 2.45) is 0 Å². The second-order valence-corrected chi connectivity index (χ2v) is 12.4. The monoisotopic (exact) mass is 614 g/mol. The highest BCUT2D eigenvalue weighted by Gasteiger charge is 2.57. The van der Waals surface area contributed by atoms with E-state index in [4.69, 9.17) is 21.1 Å². The van der Waals surface area contributed by atoms with Crippen molar-refractivity contribution in [1.82, 2.24) is 15.5 Å². The van der Waals surface area contributed by atoms with E-state index in [2.05, 4.69) is 16.0 Å². The van der Waals surface area contributed by atoms with E-state index in [1.165, 1.54) is 0 Å². The van der Waals surface area contributed by atoms with E-state index in [9.17, 15) is 24.3 Å². The molecule has 11 nitrogen and oxygen atoms in total. The summed E-state index contributed by atoms with van der Waals surface area (Å²) in [6.45, 7) is 7.79. The molecule has 3 atom stereocenters. The minimum atomic E-state index is -1.05. The van der Waals surface area contributed by atoms with Gasteiger partial charge >= 0.3 is 12.1 Å². The lowest BCUT2D eigenvalue weighted by molar-refractivity contribution is -0.143. The van der Waals surface area contributed by atoms with Crippen LogP contribution < -0.4 is 16.0 Å². The van der Waals surface area contributed by atoms with Gasteiger partial charge in [-0.25, -0.2) is 4.79 Å². The minimum absolute atomic E-state index is 0.129. The average molecular weight is 615 g/mol. The highest BCUT2D eigenvalue weighted by molar-refractivity contribution is 6.31. The topological polar surface area (TPSA) is 150 Å². The predicted octanol–water partition coefficient (Wildman–Crippen LogP) is 4.00. The number of carboxylic acid groups (broad SMARTS) is 1. The van der Waals surface area contributed by atoms with Crippen LogP contribution in [-0.2, 0) is 36.8 Å². The number of aliphatic carboxylic acids is 1. The van der Waals surface area contributed by atoms with Gasteiger partial charge in [-0.1, -0.05) is 35.9 Å². The van der Waals surface area contributed by atoms with Crippen molar-refractivity contribution < 1.29 is 33.8 Å². The SMILES string of the molecule is Cc1cc(NC(=O)[C@H](CCNC(=O)OC(C)(C)C)NC2([C@@H]3Cc4ccccc4CN3C(=O)CCC(=O)O)CO2)ccc1Cl. The molecule has 3 amide bonds. The molecule has 0 aromatic heterocycles. The van der Waals surface area contributed by atoms with Gasteiger partial charge in [0.15, 0.2) is 5.72 Å². The number of nitrogens with zero attached hydrogens (tertiary/aromatic N) is 1. The number of carbonyl (C=O) groups is 4. The van der Waals surface area contributed by atoms with Crippen molar-refractivity contribution in [1.29, 1.82) is 0 Å². The molecule has 0 spiro atoms. The Morgan fingerprint density at radius 1 is 1.14 bits per heavy atom. The fraction of sp³-hybridized carbons (Fsp3) is 0.484. The quantitative estimate of drug-likeness (QED) is 0.277. The lowest BCUT2D eigenvalue weighted by Gasteiger charge is -2.41. The van der Waals surface area contributed by atoms with Gasteiger partial charge < -0.3 is 30.1 Å². The van der Waals surface area contributed by atoms with Crippen LogP contribution in [0.2, 0.25) is 5.02 Å². The molecule has 2 aliphatic heterocycles. The van der Waals surface area contributed by atoms with Crippen molar-refractivity contribution in [3.05, 3.63) is 64.2 Å². The number of amides is 3. The average Bonchev–Trinajstić information content (AvgIpc) is 3.72. The fourth-order valence-corrected chi connectivity index (χ4v) is 5.27. The van der Waals surface area contributed by atoms with Gasteiger partial charge in [0.25, 0.3) is 0 Å². The van der Waals surface area contributed by atoms with Crippen LogP contribution in [0.3, 0.4) is 0 Å². The highest BCUT2D eigenvalue weighted by Crippen LogP contribution is 2.38. The summed E-state index contributed by atoms with van der Waals surface area (Å²) in [7, 11) is 0. The Bertz CT molecular complexity index is 1370. The number of halogens is 1. The van der Waals surface area contributed by atoms with Crippen molar-refractivity contribution in [2.45, 2.75) is 83.3 Å². The van der Waals surface area contributed by atoms with Crippen LogP contribution >= 0.6 is 11.6 Å². The van der Waals surface area contributed by atoms with Gasteiger partial charge in [0, 0.05) is 30.2 Å². The standard InChI is InChI=1S/C31H39ClN4O7/c1-19-15-22(9-10-23(19)32)34-28(40)24(13-14-33-29(41)43-30(2,3)4)35-31(18-42-31)25-16-20-7-5-6-8-21(20)17-36(25)26(37)11-12-27(38)39/h5-10,15,24-25,35H,11-14,16-18H2,1-4H3,(H,33,41)(H,34,40)(H,38,39)/t24-,25-,31?/m0/s1. The zero-order valence-corrected chi connectivity index (χ0v) is 25.6. The Labute approximate surface area is 256 Å². The molecule has 2 aromatic carbocycles. The number of anilines is 1. The van der Waals surface area contributed by atoms with Gasteiger partial charge in [-0.2, -0.15) is 0 Å². The number of benzene rings is 2. The van der Waals surface area contributed by atoms with E-state index >= 15 is 0 Å². The molecule has 1 unspecified atom stereocenters. The van der Waals surface area contributed by atoms with E-state index in [1.807, 2.05) is 31.2 Å². The fourth-order valence-electron chi connectivity index (χ4n) is 5.16. The van der Waals surface area contributed by atoms with Crippen LogP contribution in [0.1, 0.15) is 56.7 Å². The Morgan fingerprint density at radius 3 is 2.47 bits per heavy atom. The second-order valence-electron chi connectivity index (χ2n) is 11.9. The number of hydrogen-bond acceptors (Lipinski definition) is 7. The van der Waals surface area contributed by atoms with E-state index in [1.54, 1.807) is 43.9 Å². The maximum atomic E-state index is 13.6. The zero-order chi connectivity index (χ0) is 31.4. The summed E-state index contributed by atoms with van der Waals surface area (Å²) >= 11 is 6.16. The summed E-state index contributed by atoms with van der Waals surface area (Å²) < 4.78 is 11.3. The van der Waals surface area contributed by atoms with Crippen LogP contribution in [0.25, 0.3) is 0 Å². The van der Waals surface area contributed by atoms with Gasteiger partial charge in [-0.15, -0.1) is 0 Å². The number of carbonyl (C=O) groups excluding carboxylic acids is 3. The van der Waals surface area contributed by atoms with Crippen molar-refractivity contribution in [3.63, 3.8) is 0 Å². The zero-order valence-electron chi connectivity index (χ0n) is 24.9. The number of carboxylic acids is 1. The Morgan fingerprint density at radius 2 is 1.84 bits per heavy atom. The number of rotatable bonds is 11. The molecule has 232 valence electrons. The minimum Gasteiger partial charge on any atom is -0.481 e. The van der Waals surface area contributed by atoms with Gasteiger partial charge in [0.1, 0.15) is 5.60 Å². The predicted molar refractivity (Wildman–Crippen MR) is 161 cm³/mol. The number of fused-ring (bicyclic) bond motifs is 1. The van der Waals surface area contributed by atoms with E-state index in [0.717, 1.165) is 16.7 Å². The van der Waals surface area contributed by atoms with Crippen LogP contribution in [0.4, 0.5) is 10.5 Å². The van der Waals surface area contributed by atoms with Crippen molar-refractivity contribution in [2.75, 3.05) is 18.5 Å². The molecule has 4 rings (SSSR count). The number of epoxide rings is 1. The Hall–Kier alpha value is -3.67. The summed E-state index contributed by atoms with van der Waals surface area (Å²) in [5.41, 5.74) is 1.67. The summed E-state index contributed by atoms with van der Waals surface area (Å²) in [6.07, 6.45) is -0.380. The van der Waals surface area contributed by atoms with Gasteiger partial charge in [0.2, 0.25) is 11.8 Å². The molecule has 12 heteroatoms. The van der Waals surface area contributed by atoms with Crippen molar-refractivity contribution in [3.8, 4) is 0 Å². The molecular formula is C31H39ClN4O7. The first-order valence-corrected chi connectivity index (χ1v) is 14.7. The number of hydrogen-bond donors (Lipinski definition) is 4. The first-order valence-electron chi connectivity index (χ1n) is 14.3. The number of nitrogens with one attached hydrogen (secondary N) is 3. The first-order chi connectivity index (χ1) is 20.3. The lowest BCUT2D eigenvalue weighted by atomic mass is 9.89. The van der Waals surface area contributed by atoms with Crippen LogP contribution in [0, 0.1) is 6.92 Å². The molecule has 2 aromatic rings. The third kappa shape index (κ3) is 8.68. The lowest BCUT2D eigenvalue weighted by Crippen LogP contribution is -2.61. The molecule has 0 radical (unpaired) electrons. The summed E-state index contributed by atoms with van der Waals surface area (Å²) in [5, 5.41) is 18.7. The molecule has 4 N–H and O–H groups in total. The van der Waals surface area contributed by atoms with Gasteiger partial charge in [0.05, 0.1) is 25.1 Å². The summed E-state index contributed by atoms with van der Waals surface area (Å²) in [6, 6.07) is 11.6. The number of alkyl carbamates (subject to hydrolysis) is 1. The first kappa shape index (κ1) is 32.2. The second kappa shape index (κ2) is 13.3. The summed E-state index contributed by atoms with van der Waals surface area (Å²) in [5.74, 6) is -1.71. The van der Waals surface area contributed by atoms with Gasteiger partial charge in [-0.05, 0) is 75.4 Å². The summed E-state index contributed by atoms with van der Waals surface area (Å²) in [4.78, 5) is 52.1. The molecule has 43 heavy (non-hydrogen) atoms. The molecule has 0 bridgehead atoms. The number of ether oxygens (including phenoxy) is 2. The smallest absolute Gasteiger partial charge is 0.407 e. The maximum absolute atomic E-state index is 13.6. The van der Waals surface area contributed by atoms with Crippen LogP contribution in [0.5, 0.6) is 0 Å². The number of aryl methyl sites for hydroxylation is 1. The normalized spacial score (nSPS) is 20.0. The third-order valence-corrected chi connectivity index (χ3v) is 7.80. The Balaban J connectivity index is 1.56. The maximum Gasteiger partial charge on any atom is 0.407 e. The molecular weight excluding hydrogens is 576 g/mol. The molecule has 0 aliphatic carbocycles. The van der Waals surface area contributed by atoms with E-state index in [-0.39, 0.29) is 44.2 Å². The van der Waals surface area contributed by atoms with E-state index in [0.29, 0.717) is 23.7 Å². The van der Waals surface area contributed by atoms with E-state index < -0.39 is 35.5 Å². The van der Waals surface area contributed by atoms with Gasteiger partial charge in [-0.3, -0.25) is 19.7 Å². The highest BCUT2D eigenvalue weighted by atomic mass is 35.5. The van der Waals surface area contributed by atoms with Crippen LogP contribution in [0.15, 0.2) is 42.5 Å². The third-order valence-electron chi connectivity index (χ3n) is 7.38.